The van der Waals surface area contributed by atoms with E-state index in [1.807, 2.05) is 60.0 Å². The summed E-state index contributed by atoms with van der Waals surface area (Å²) in [7, 11) is 1.62. The van der Waals surface area contributed by atoms with E-state index in [1.165, 1.54) is 0 Å². The van der Waals surface area contributed by atoms with Crippen LogP contribution in [0.4, 0.5) is 0 Å². The lowest BCUT2D eigenvalue weighted by Crippen LogP contribution is -2.64. The highest BCUT2D eigenvalue weighted by atomic mass is 35.5. The van der Waals surface area contributed by atoms with Crippen LogP contribution in [-0.4, -0.2) is 59.7 Å². The summed E-state index contributed by atoms with van der Waals surface area (Å²) in [6.07, 6.45) is 2.58. The molecule has 0 saturated carbocycles. The quantitative estimate of drug-likeness (QED) is 0.536. The maximum Gasteiger partial charge on any atom is 0.271 e. The molecule has 3 aromatic rings. The molecule has 0 spiro atoms. The van der Waals surface area contributed by atoms with Crippen molar-refractivity contribution in [3.8, 4) is 5.75 Å². The van der Waals surface area contributed by atoms with Crippen molar-refractivity contribution < 1.29 is 19.1 Å². The van der Waals surface area contributed by atoms with Crippen LogP contribution >= 0.6 is 11.6 Å². The van der Waals surface area contributed by atoms with E-state index in [0.29, 0.717) is 42.5 Å². The summed E-state index contributed by atoms with van der Waals surface area (Å²) in [5.74, 6) is 0.378. The molecule has 2 aromatic carbocycles. The molecule has 2 aliphatic heterocycles. The predicted molar refractivity (Wildman–Crippen MR) is 135 cm³/mol. The Labute approximate surface area is 209 Å². The molecule has 2 amide bonds. The number of fused-ring (bicyclic) bond motifs is 3. The number of hydrogen-bond acceptors (Lipinski definition) is 4. The number of ether oxygens (including phenoxy) is 2. The summed E-state index contributed by atoms with van der Waals surface area (Å²) in [5, 5.41) is 4.68. The van der Waals surface area contributed by atoms with Gasteiger partial charge in [-0.2, -0.15) is 0 Å². The van der Waals surface area contributed by atoms with Crippen LogP contribution in [0.25, 0.3) is 10.9 Å². The number of halogens is 1. The van der Waals surface area contributed by atoms with E-state index in [1.54, 1.807) is 12.0 Å². The fourth-order valence-corrected chi connectivity index (χ4v) is 5.23. The van der Waals surface area contributed by atoms with Crippen molar-refractivity contribution in [3.63, 3.8) is 0 Å². The van der Waals surface area contributed by atoms with E-state index in [0.717, 1.165) is 35.9 Å². The molecule has 35 heavy (non-hydrogen) atoms. The highest BCUT2D eigenvalue weighted by Crippen LogP contribution is 2.34. The van der Waals surface area contributed by atoms with Crippen molar-refractivity contribution in [1.29, 1.82) is 0 Å². The topological polar surface area (TPSA) is 72.8 Å². The molecule has 0 aliphatic carbocycles. The van der Waals surface area contributed by atoms with Gasteiger partial charge in [0.05, 0.1) is 25.3 Å². The molecular formula is C27H30ClN3O4. The zero-order valence-corrected chi connectivity index (χ0v) is 20.8. The van der Waals surface area contributed by atoms with Gasteiger partial charge in [-0.15, -0.1) is 0 Å². The Morgan fingerprint density at radius 2 is 2.03 bits per heavy atom. The second-order valence-corrected chi connectivity index (χ2v) is 9.93. The fraction of sp³-hybridized carbons (Fsp3) is 0.407. The predicted octanol–water partition coefficient (Wildman–Crippen LogP) is 4.06. The maximum atomic E-state index is 13.8. The van der Waals surface area contributed by atoms with E-state index < -0.39 is 5.54 Å². The van der Waals surface area contributed by atoms with Gasteiger partial charge in [-0.25, -0.2) is 0 Å². The van der Waals surface area contributed by atoms with Gasteiger partial charge in [0.1, 0.15) is 17.0 Å². The Balaban J connectivity index is 1.48. The normalized spacial score (nSPS) is 21.9. The largest absolute Gasteiger partial charge is 0.497 e. The van der Waals surface area contributed by atoms with Gasteiger partial charge in [0.25, 0.3) is 5.91 Å². The minimum absolute atomic E-state index is 0.0246. The minimum Gasteiger partial charge on any atom is -0.497 e. The average molecular weight is 496 g/mol. The van der Waals surface area contributed by atoms with Crippen molar-refractivity contribution in [2.24, 2.45) is 0 Å². The van der Waals surface area contributed by atoms with Gasteiger partial charge in [0, 0.05) is 36.2 Å². The van der Waals surface area contributed by atoms with Gasteiger partial charge < -0.3 is 24.3 Å². The monoisotopic (exact) mass is 495 g/mol. The number of hydrogen-bond donors (Lipinski definition) is 1. The number of nitrogens with zero attached hydrogens (tertiary/aromatic N) is 2. The van der Waals surface area contributed by atoms with Crippen LogP contribution in [0.15, 0.2) is 48.5 Å². The molecule has 7 nitrogen and oxygen atoms in total. The third kappa shape index (κ3) is 4.50. The minimum atomic E-state index is -1.07. The number of benzene rings is 2. The molecule has 1 saturated heterocycles. The number of methoxy groups -OCH3 is 1. The van der Waals surface area contributed by atoms with Gasteiger partial charge >= 0.3 is 0 Å². The highest BCUT2D eigenvalue weighted by Gasteiger charge is 2.47. The summed E-state index contributed by atoms with van der Waals surface area (Å²) in [5.41, 5.74) is 1.45. The lowest BCUT2D eigenvalue weighted by Gasteiger charge is -2.44. The number of carbonyl (C=O) groups excluding carboxylic acids is 2. The van der Waals surface area contributed by atoms with Crippen LogP contribution in [-0.2, 0) is 22.5 Å². The van der Waals surface area contributed by atoms with Gasteiger partial charge in [-0.3, -0.25) is 9.59 Å². The number of aromatic nitrogens is 1. The SMILES string of the molecule is COc1ccc2cc3n(c2c1)C[C@](C)(C(=O)NC[C@H]1CCCO1)N(CCc1ccc(Cl)cc1)C3=O. The van der Waals surface area contributed by atoms with Crippen molar-refractivity contribution >= 4 is 34.3 Å². The number of nitrogens with one attached hydrogen (secondary N) is 1. The Morgan fingerprint density at radius 1 is 1.23 bits per heavy atom. The average Bonchev–Trinajstić information content (AvgIpc) is 3.51. The van der Waals surface area contributed by atoms with Gasteiger partial charge in [-0.05, 0) is 62.1 Å². The van der Waals surface area contributed by atoms with Crippen molar-refractivity contribution in [1.82, 2.24) is 14.8 Å². The first-order valence-electron chi connectivity index (χ1n) is 12.0. The molecule has 5 rings (SSSR count). The Kier molecular flexibility index (Phi) is 6.47. The van der Waals surface area contributed by atoms with Crippen LogP contribution in [0.3, 0.4) is 0 Å². The molecule has 0 unspecified atom stereocenters. The molecular weight excluding hydrogens is 466 g/mol. The third-order valence-electron chi connectivity index (χ3n) is 7.18. The lowest BCUT2D eigenvalue weighted by atomic mass is 9.93. The van der Waals surface area contributed by atoms with E-state index in [4.69, 9.17) is 21.1 Å². The molecule has 8 heteroatoms. The molecule has 2 atom stereocenters. The van der Waals surface area contributed by atoms with Crippen LogP contribution in [0.5, 0.6) is 5.75 Å². The zero-order chi connectivity index (χ0) is 24.6. The lowest BCUT2D eigenvalue weighted by molar-refractivity contribution is -0.133. The van der Waals surface area contributed by atoms with Crippen molar-refractivity contribution in [2.75, 3.05) is 26.8 Å². The molecule has 1 fully saturated rings. The molecule has 0 radical (unpaired) electrons. The van der Waals surface area contributed by atoms with E-state index in [2.05, 4.69) is 5.32 Å². The van der Waals surface area contributed by atoms with Gasteiger partial charge in [-0.1, -0.05) is 23.7 Å². The Hall–Kier alpha value is -3.03. The van der Waals surface area contributed by atoms with Crippen molar-refractivity contribution in [3.05, 3.63) is 64.8 Å². The molecule has 184 valence electrons. The molecule has 0 bridgehead atoms. The molecule has 1 N–H and O–H groups in total. The zero-order valence-electron chi connectivity index (χ0n) is 20.1. The van der Waals surface area contributed by atoms with E-state index >= 15 is 0 Å². The van der Waals surface area contributed by atoms with E-state index in [-0.39, 0.29) is 17.9 Å². The first-order chi connectivity index (χ1) is 16.9. The van der Waals surface area contributed by atoms with Gasteiger partial charge in [0.2, 0.25) is 5.91 Å². The van der Waals surface area contributed by atoms with Gasteiger partial charge in [0.15, 0.2) is 0 Å². The molecule has 1 aromatic heterocycles. The van der Waals surface area contributed by atoms with Crippen LogP contribution in [0.2, 0.25) is 5.02 Å². The van der Waals surface area contributed by atoms with Crippen LogP contribution in [0, 0.1) is 0 Å². The van der Waals surface area contributed by atoms with E-state index in [9.17, 15) is 9.59 Å². The summed E-state index contributed by atoms with van der Waals surface area (Å²) in [4.78, 5) is 29.2. The third-order valence-corrected chi connectivity index (χ3v) is 7.43. The second kappa shape index (κ2) is 9.55. The number of carbonyl (C=O) groups is 2. The standard InChI is InChI=1S/C27H30ClN3O4/c1-27(26(33)29-16-22-4-3-13-35-22)17-30-23-15-21(34-2)10-7-19(23)14-24(30)25(32)31(27)12-11-18-5-8-20(28)9-6-18/h5-10,14-15,22H,3-4,11-13,16-17H2,1-2H3,(H,29,33)/t22-,27-/m1/s1. The smallest absolute Gasteiger partial charge is 0.271 e. The Morgan fingerprint density at radius 3 is 2.74 bits per heavy atom. The fourth-order valence-electron chi connectivity index (χ4n) is 5.10. The first kappa shape index (κ1) is 23.7. The Bertz CT molecular complexity index is 1250. The van der Waals surface area contributed by atoms with Crippen LogP contribution in [0.1, 0.15) is 35.8 Å². The number of rotatable bonds is 7. The first-order valence-corrected chi connectivity index (χ1v) is 12.4. The van der Waals surface area contributed by atoms with Crippen molar-refractivity contribution in [2.45, 2.75) is 44.4 Å². The maximum absolute atomic E-state index is 13.8. The molecule has 3 heterocycles. The second-order valence-electron chi connectivity index (χ2n) is 9.49. The van der Waals surface area contributed by atoms with Crippen LogP contribution < -0.4 is 10.1 Å². The summed E-state index contributed by atoms with van der Waals surface area (Å²) in [6, 6.07) is 15.2. The summed E-state index contributed by atoms with van der Waals surface area (Å²) < 4.78 is 13.0. The number of amides is 2. The molecule has 2 aliphatic rings. The summed E-state index contributed by atoms with van der Waals surface area (Å²) in [6.45, 7) is 3.79. The highest BCUT2D eigenvalue weighted by molar-refractivity contribution is 6.30. The summed E-state index contributed by atoms with van der Waals surface area (Å²) >= 11 is 6.04.